The third kappa shape index (κ3) is 5.04. The highest BCUT2D eigenvalue weighted by Gasteiger charge is 2.11. The minimum Gasteiger partial charge on any atom is -0.455 e. The van der Waals surface area contributed by atoms with Gasteiger partial charge in [0.05, 0.1) is 5.75 Å². The highest BCUT2D eigenvalue weighted by Crippen LogP contribution is 2.21. The molecule has 1 heterocycles. The molecule has 1 rings (SSSR count). The van der Waals surface area contributed by atoms with Crippen LogP contribution in [0.3, 0.4) is 0 Å². The van der Waals surface area contributed by atoms with E-state index in [0.717, 1.165) is 0 Å². The van der Waals surface area contributed by atoms with E-state index in [1.54, 1.807) is 6.08 Å². The first kappa shape index (κ1) is 13.8. The fraction of sp³-hybridized carbons (Fsp3) is 0.364. The third-order valence-corrected chi connectivity index (χ3v) is 2.57. The Morgan fingerprint density at radius 3 is 3.00 bits per heavy atom. The van der Waals surface area contributed by atoms with E-state index in [9.17, 15) is 13.6 Å². The highest BCUT2D eigenvalue weighted by molar-refractivity contribution is 7.98. The number of furan rings is 1. The molecular weight excluding hydrogens is 248 g/mol. The van der Waals surface area contributed by atoms with Crippen LogP contribution in [-0.2, 0) is 5.75 Å². The van der Waals surface area contributed by atoms with Gasteiger partial charge in [0, 0.05) is 6.54 Å². The fourth-order valence-corrected chi connectivity index (χ4v) is 1.54. The number of hydrogen-bond acceptors (Lipinski definition) is 3. The number of carbonyl (C=O) groups excluding carboxylic acids is 1. The molecule has 0 spiro atoms. The molecule has 0 saturated heterocycles. The molecular formula is C11H13F2NO2S. The zero-order valence-corrected chi connectivity index (χ0v) is 9.93. The standard InChI is InChI=1S/C11H13F2NO2S/c1-2-3-6-14-10(15)9-5-4-8(16-9)7-17-11(12)13/h2,4-5,11H,1,3,6-7H2,(H,14,15). The van der Waals surface area contributed by atoms with Gasteiger partial charge in [0.2, 0.25) is 0 Å². The molecule has 6 heteroatoms. The Bertz CT molecular complexity index is 379. The first-order chi connectivity index (χ1) is 8.13. The van der Waals surface area contributed by atoms with Gasteiger partial charge in [-0.05, 0) is 18.6 Å². The van der Waals surface area contributed by atoms with Crippen molar-refractivity contribution < 1.29 is 18.0 Å². The number of amides is 1. The molecule has 0 saturated carbocycles. The zero-order valence-electron chi connectivity index (χ0n) is 9.12. The maximum Gasteiger partial charge on any atom is 0.287 e. The summed E-state index contributed by atoms with van der Waals surface area (Å²) in [5.41, 5.74) is 0. The lowest BCUT2D eigenvalue weighted by Crippen LogP contribution is -2.23. The molecule has 1 amide bonds. The van der Waals surface area contributed by atoms with Gasteiger partial charge in [-0.2, -0.15) is 8.78 Å². The van der Waals surface area contributed by atoms with E-state index < -0.39 is 5.76 Å². The summed E-state index contributed by atoms with van der Waals surface area (Å²) < 4.78 is 29.0. The molecule has 94 valence electrons. The first-order valence-electron chi connectivity index (χ1n) is 5.01. The molecule has 1 N–H and O–H groups in total. The average Bonchev–Trinajstić information content (AvgIpc) is 2.75. The monoisotopic (exact) mass is 261 g/mol. The molecule has 0 aliphatic rings. The van der Waals surface area contributed by atoms with Gasteiger partial charge in [0.1, 0.15) is 5.76 Å². The van der Waals surface area contributed by atoms with Gasteiger partial charge in [-0.3, -0.25) is 4.79 Å². The lowest BCUT2D eigenvalue weighted by atomic mass is 10.4. The SMILES string of the molecule is C=CCCNC(=O)c1ccc(CSC(F)F)o1. The van der Waals surface area contributed by atoms with Crippen molar-refractivity contribution in [1.82, 2.24) is 5.32 Å². The van der Waals surface area contributed by atoms with E-state index in [1.807, 2.05) is 0 Å². The van der Waals surface area contributed by atoms with Gasteiger partial charge in [-0.25, -0.2) is 0 Å². The van der Waals surface area contributed by atoms with Crippen LogP contribution in [0, 0.1) is 0 Å². The van der Waals surface area contributed by atoms with Gasteiger partial charge in [-0.1, -0.05) is 17.8 Å². The van der Waals surface area contributed by atoms with Crippen LogP contribution in [0.25, 0.3) is 0 Å². The summed E-state index contributed by atoms with van der Waals surface area (Å²) in [4.78, 5) is 11.5. The lowest BCUT2D eigenvalue weighted by Gasteiger charge is -2.00. The molecule has 1 aromatic heterocycles. The van der Waals surface area contributed by atoms with Crippen molar-refractivity contribution in [1.29, 1.82) is 0 Å². The number of halogens is 2. The smallest absolute Gasteiger partial charge is 0.287 e. The summed E-state index contributed by atoms with van der Waals surface area (Å²) in [6, 6.07) is 3.00. The fourth-order valence-electron chi connectivity index (χ4n) is 1.10. The largest absolute Gasteiger partial charge is 0.455 e. The first-order valence-corrected chi connectivity index (χ1v) is 6.06. The quantitative estimate of drug-likeness (QED) is 0.606. The minimum atomic E-state index is -2.44. The topological polar surface area (TPSA) is 42.2 Å². The molecule has 0 radical (unpaired) electrons. The van der Waals surface area contributed by atoms with Crippen molar-refractivity contribution in [3.8, 4) is 0 Å². The van der Waals surface area contributed by atoms with Gasteiger partial charge < -0.3 is 9.73 Å². The Hall–Kier alpha value is -1.30. The average molecular weight is 261 g/mol. The highest BCUT2D eigenvalue weighted by atomic mass is 32.2. The summed E-state index contributed by atoms with van der Waals surface area (Å²) in [7, 11) is 0. The summed E-state index contributed by atoms with van der Waals surface area (Å²) in [5.74, 6) is -2.23. The predicted molar refractivity (Wildman–Crippen MR) is 63.2 cm³/mol. The van der Waals surface area contributed by atoms with Crippen LogP contribution in [0.5, 0.6) is 0 Å². The number of alkyl halides is 2. The van der Waals surface area contributed by atoms with Crippen molar-refractivity contribution >= 4 is 17.7 Å². The number of hydrogen-bond donors (Lipinski definition) is 1. The van der Waals surface area contributed by atoms with E-state index in [2.05, 4.69) is 11.9 Å². The van der Waals surface area contributed by atoms with Crippen LogP contribution in [0.2, 0.25) is 0 Å². The predicted octanol–water partition coefficient (Wildman–Crippen LogP) is 3.04. The van der Waals surface area contributed by atoms with Crippen molar-refractivity contribution in [2.75, 3.05) is 6.54 Å². The van der Waals surface area contributed by atoms with Crippen LogP contribution >= 0.6 is 11.8 Å². The van der Waals surface area contributed by atoms with Gasteiger partial charge in [-0.15, -0.1) is 6.58 Å². The second kappa shape index (κ2) is 7.11. The van der Waals surface area contributed by atoms with Crippen LogP contribution < -0.4 is 5.32 Å². The number of nitrogens with one attached hydrogen (secondary N) is 1. The summed E-state index contributed by atoms with van der Waals surface area (Å²) in [5, 5.41) is 2.62. The molecule has 0 aromatic carbocycles. The van der Waals surface area contributed by atoms with Gasteiger partial charge in [0.25, 0.3) is 11.7 Å². The van der Waals surface area contributed by atoms with Gasteiger partial charge >= 0.3 is 0 Å². The van der Waals surface area contributed by atoms with E-state index >= 15 is 0 Å². The summed E-state index contributed by atoms with van der Waals surface area (Å²) >= 11 is 0.459. The molecule has 17 heavy (non-hydrogen) atoms. The summed E-state index contributed by atoms with van der Waals surface area (Å²) in [6.45, 7) is 4.00. The van der Waals surface area contributed by atoms with E-state index in [4.69, 9.17) is 4.42 Å². The van der Waals surface area contributed by atoms with Crippen molar-refractivity contribution in [2.45, 2.75) is 17.9 Å². The van der Waals surface area contributed by atoms with E-state index in [-0.39, 0.29) is 17.4 Å². The van der Waals surface area contributed by atoms with Crippen LogP contribution in [0.1, 0.15) is 22.7 Å². The zero-order chi connectivity index (χ0) is 12.7. The second-order valence-corrected chi connectivity index (χ2v) is 4.15. The molecule has 1 aromatic rings. The van der Waals surface area contributed by atoms with E-state index in [1.165, 1.54) is 12.1 Å². The maximum atomic E-state index is 11.9. The third-order valence-electron chi connectivity index (χ3n) is 1.87. The Balaban J connectivity index is 2.43. The molecule has 0 atom stereocenters. The van der Waals surface area contributed by atoms with Crippen molar-refractivity contribution in [3.05, 3.63) is 36.3 Å². The van der Waals surface area contributed by atoms with Crippen LogP contribution in [0.15, 0.2) is 29.2 Å². The lowest BCUT2D eigenvalue weighted by molar-refractivity contribution is 0.0925. The number of thioether (sulfide) groups is 1. The Labute approximate surface area is 102 Å². The normalized spacial score (nSPS) is 10.5. The van der Waals surface area contributed by atoms with Gasteiger partial charge in [0.15, 0.2) is 5.76 Å². The second-order valence-electron chi connectivity index (χ2n) is 3.17. The molecule has 0 aliphatic carbocycles. The van der Waals surface area contributed by atoms with Crippen molar-refractivity contribution in [2.24, 2.45) is 0 Å². The number of carbonyl (C=O) groups is 1. The Kier molecular flexibility index (Phi) is 5.76. The Morgan fingerprint density at radius 1 is 1.59 bits per heavy atom. The van der Waals surface area contributed by atoms with E-state index in [0.29, 0.717) is 30.5 Å². The maximum absolute atomic E-state index is 11.9. The molecule has 0 fully saturated rings. The Morgan fingerprint density at radius 2 is 2.35 bits per heavy atom. The molecule has 0 aliphatic heterocycles. The molecule has 0 bridgehead atoms. The van der Waals surface area contributed by atoms with Crippen LogP contribution in [-0.4, -0.2) is 18.2 Å². The summed E-state index contributed by atoms with van der Waals surface area (Å²) in [6.07, 6.45) is 2.35. The van der Waals surface area contributed by atoms with Crippen molar-refractivity contribution in [3.63, 3.8) is 0 Å². The molecule has 3 nitrogen and oxygen atoms in total. The van der Waals surface area contributed by atoms with Crippen LogP contribution in [0.4, 0.5) is 8.78 Å². The minimum absolute atomic E-state index is 0.0532. The number of rotatable bonds is 7. The molecule has 0 unspecified atom stereocenters.